The van der Waals surface area contributed by atoms with Crippen molar-refractivity contribution in [3.8, 4) is 0 Å². The molecule has 0 bridgehead atoms. The molecule has 0 saturated carbocycles. The summed E-state index contributed by atoms with van der Waals surface area (Å²) < 4.78 is 0. The minimum absolute atomic E-state index is 0. The van der Waals surface area contributed by atoms with Crippen LogP contribution < -0.4 is 0 Å². The molecular formula is H11BMgSSiZn. The van der Waals surface area contributed by atoms with Crippen LogP contribution in [-0.2, 0) is 19.5 Å². The van der Waals surface area contributed by atoms with Gasteiger partial charge in [0.15, 0.2) is 0 Å². The average Bonchev–Trinajstić information content (AvgIpc) is 0. The zero-order chi connectivity index (χ0) is 0. The minimum Gasteiger partial charge on any atom is -0.197 e. The summed E-state index contributed by atoms with van der Waals surface area (Å²) in [5, 5.41) is 0. The first kappa shape index (κ1) is 62.3. The first-order chi connectivity index (χ1) is 0. The van der Waals surface area contributed by atoms with Gasteiger partial charge in [0.2, 0.25) is 0 Å². The van der Waals surface area contributed by atoms with Crippen molar-refractivity contribution in [2.24, 2.45) is 0 Å². The topological polar surface area (TPSA) is 0 Å². The maximum absolute atomic E-state index is 0. The zero-order valence-electron chi connectivity index (χ0n) is 1.21. The van der Waals surface area contributed by atoms with Crippen LogP contribution in [0.3, 0.4) is 0 Å². The smallest absolute Gasteiger partial charge is 0.197 e. The molecule has 0 saturated heterocycles. The molecule has 0 aromatic rings. The van der Waals surface area contributed by atoms with Gasteiger partial charge in [-0.1, -0.05) is 0 Å². The van der Waals surface area contributed by atoms with Gasteiger partial charge in [-0.3, -0.25) is 0 Å². The third-order valence-electron chi connectivity index (χ3n) is 0. The van der Waals surface area contributed by atoms with E-state index >= 15 is 0 Å². The Hall–Kier alpha value is 2.02. The van der Waals surface area contributed by atoms with E-state index in [0.717, 1.165) is 0 Å². The molecule has 0 amide bonds. The second-order valence-electron chi connectivity index (χ2n) is 0. The molecule has 0 fully saturated rings. The Morgan fingerprint density at radius 1 is 1.00 bits per heavy atom. The molecular weight excluding hydrogens is 161 g/mol. The predicted octanol–water partition coefficient (Wildman–Crippen LogP) is -3.44. The number of hydrogen-bond acceptors (Lipinski definition) is 0. The second kappa shape index (κ2) is 37.2. The Kier molecular flexibility index (Phi) is 463. The number of rotatable bonds is 0. The van der Waals surface area contributed by atoms with E-state index in [2.05, 4.69) is 0 Å². The molecule has 0 unspecified atom stereocenters. The average molecular weight is 172 g/mol. The first-order valence-electron chi connectivity index (χ1n) is 0. The van der Waals surface area contributed by atoms with Crippen LogP contribution >= 0.6 is 13.5 Å². The van der Waals surface area contributed by atoms with E-state index in [9.17, 15) is 0 Å². The summed E-state index contributed by atoms with van der Waals surface area (Å²) in [6.07, 6.45) is 0. The van der Waals surface area contributed by atoms with Crippen LogP contribution in [-0.4, -0.2) is 42.4 Å². The fourth-order valence-electron chi connectivity index (χ4n) is 0. The molecule has 28 valence electrons. The molecule has 5 heavy (non-hydrogen) atoms. The fraction of sp³-hybridized carbons (Fsp3) is 0. The maximum atomic E-state index is 0. The molecule has 0 aromatic heterocycles. The van der Waals surface area contributed by atoms with Crippen LogP contribution in [0.4, 0.5) is 0 Å². The standard InChI is InChI=1S/BH3.Mg.H2S.H4Si.Zn.2H/h1H3;;1H2;1H4;;;. The third-order valence-corrected chi connectivity index (χ3v) is 0. The minimum atomic E-state index is 0. The molecule has 0 aromatic carbocycles. The largest absolute Gasteiger partial charge is 0.316 e. The molecule has 0 aliphatic rings. The van der Waals surface area contributed by atoms with Gasteiger partial charge in [0.05, 0.1) is 8.41 Å². The third kappa shape index (κ3) is 23.8. The van der Waals surface area contributed by atoms with Crippen molar-refractivity contribution >= 4 is 55.9 Å². The second-order valence-corrected chi connectivity index (χ2v) is 0. The Bertz CT molecular complexity index is 11.6. The fourth-order valence-corrected chi connectivity index (χ4v) is 0. The van der Waals surface area contributed by atoms with Gasteiger partial charge in [0.25, 0.3) is 0 Å². The van der Waals surface area contributed by atoms with E-state index in [1.165, 1.54) is 0 Å². The Morgan fingerprint density at radius 3 is 1.00 bits per heavy atom. The Labute approximate surface area is 74.8 Å². The van der Waals surface area contributed by atoms with Crippen molar-refractivity contribution < 1.29 is 19.5 Å². The van der Waals surface area contributed by atoms with E-state index in [1.807, 2.05) is 0 Å². The summed E-state index contributed by atoms with van der Waals surface area (Å²) in [6.45, 7) is 0. The van der Waals surface area contributed by atoms with Crippen molar-refractivity contribution in [2.75, 3.05) is 0 Å². The van der Waals surface area contributed by atoms with Crippen molar-refractivity contribution in [2.45, 2.75) is 0 Å². The summed E-state index contributed by atoms with van der Waals surface area (Å²) >= 11 is 0. The summed E-state index contributed by atoms with van der Waals surface area (Å²) in [5.41, 5.74) is 0. The van der Waals surface area contributed by atoms with Gasteiger partial charge in [0.1, 0.15) is 0 Å². The van der Waals surface area contributed by atoms with Crippen LogP contribution in [0.5, 0.6) is 0 Å². The Balaban J connectivity index is 0. The quantitative estimate of drug-likeness (QED) is 0.333. The van der Waals surface area contributed by atoms with Crippen molar-refractivity contribution in [1.29, 1.82) is 0 Å². The van der Waals surface area contributed by atoms with Crippen molar-refractivity contribution in [3.05, 3.63) is 0 Å². The van der Waals surface area contributed by atoms with E-state index in [4.69, 9.17) is 0 Å². The summed E-state index contributed by atoms with van der Waals surface area (Å²) in [6, 6.07) is 0. The van der Waals surface area contributed by atoms with Gasteiger partial charge < -0.3 is 0 Å². The van der Waals surface area contributed by atoms with Crippen molar-refractivity contribution in [1.82, 2.24) is 0 Å². The summed E-state index contributed by atoms with van der Waals surface area (Å²) in [4.78, 5) is 0. The van der Waals surface area contributed by atoms with E-state index in [1.54, 1.807) is 0 Å². The van der Waals surface area contributed by atoms with Gasteiger partial charge >= 0.3 is 23.1 Å². The van der Waals surface area contributed by atoms with E-state index in [0.29, 0.717) is 0 Å². The van der Waals surface area contributed by atoms with Gasteiger partial charge in [0, 0.05) is 19.5 Å². The van der Waals surface area contributed by atoms with Crippen LogP contribution in [0, 0.1) is 0 Å². The molecule has 5 heteroatoms. The molecule has 0 heterocycles. The molecule has 0 nitrogen and oxygen atoms in total. The SMILES string of the molecule is B.S.[MgH2].[SiH4].[Zn]. The van der Waals surface area contributed by atoms with Gasteiger partial charge in [-0.2, -0.15) is 13.5 Å². The molecule has 0 rings (SSSR count). The van der Waals surface area contributed by atoms with Crippen LogP contribution in [0.15, 0.2) is 0 Å². The number of hydrogen-bond donors (Lipinski definition) is 0. The van der Waals surface area contributed by atoms with Crippen molar-refractivity contribution in [3.63, 3.8) is 0 Å². The van der Waals surface area contributed by atoms with Crippen LogP contribution in [0.25, 0.3) is 0 Å². The molecule has 0 spiro atoms. The Morgan fingerprint density at radius 2 is 1.00 bits per heavy atom. The summed E-state index contributed by atoms with van der Waals surface area (Å²) in [5.74, 6) is 0. The molecule has 0 atom stereocenters. The maximum Gasteiger partial charge on any atom is 0.316 e. The van der Waals surface area contributed by atoms with E-state index < -0.39 is 0 Å². The van der Waals surface area contributed by atoms with E-state index in [-0.39, 0.29) is 75.4 Å². The molecule has 0 aliphatic heterocycles. The van der Waals surface area contributed by atoms with Crippen LogP contribution in [0.2, 0.25) is 0 Å². The van der Waals surface area contributed by atoms with Gasteiger partial charge in [-0.05, 0) is 11.0 Å². The van der Waals surface area contributed by atoms with Gasteiger partial charge in [-0.25, -0.2) is 0 Å². The normalized spacial score (nSPS) is 0. The molecule has 0 aliphatic carbocycles. The van der Waals surface area contributed by atoms with Gasteiger partial charge in [-0.15, -0.1) is 0 Å². The zero-order valence-corrected chi connectivity index (χ0v) is 5.17. The predicted molar refractivity (Wildman–Crippen MR) is 40.2 cm³/mol. The molecule has 0 N–H and O–H groups in total. The van der Waals surface area contributed by atoms with Crippen LogP contribution in [0.1, 0.15) is 0 Å². The first-order valence-corrected chi connectivity index (χ1v) is 0. The molecule has 0 radical (unpaired) electrons. The monoisotopic (exact) mass is 170 g/mol. The summed E-state index contributed by atoms with van der Waals surface area (Å²) in [7, 11) is 0.